The van der Waals surface area contributed by atoms with Gasteiger partial charge in [-0.1, -0.05) is 0 Å². The van der Waals surface area contributed by atoms with Crippen LogP contribution in [-0.4, -0.2) is 50.2 Å². The lowest BCUT2D eigenvalue weighted by Gasteiger charge is -2.23. The molecule has 28 heavy (non-hydrogen) atoms. The van der Waals surface area contributed by atoms with Crippen molar-refractivity contribution in [2.24, 2.45) is 0 Å². The lowest BCUT2D eigenvalue weighted by Crippen LogP contribution is -2.44. The van der Waals surface area contributed by atoms with Gasteiger partial charge in [0.05, 0.1) is 6.20 Å². The number of nitrogens with zero attached hydrogens (tertiary/aromatic N) is 3. The first kappa shape index (κ1) is 20.1. The fraction of sp³-hybridized carbons (Fsp3) is 0.579. The largest absolute Gasteiger partial charge is 0.480 e. The van der Waals surface area contributed by atoms with Gasteiger partial charge in [0.25, 0.3) is 0 Å². The number of hydrogen-bond donors (Lipinski definition) is 2. The van der Waals surface area contributed by atoms with E-state index in [1.54, 1.807) is 37.8 Å². The quantitative estimate of drug-likeness (QED) is 0.806. The predicted molar refractivity (Wildman–Crippen MR) is 101 cm³/mol. The second kappa shape index (κ2) is 8.14. The number of rotatable bonds is 5. The smallest absolute Gasteiger partial charge is 0.408 e. The molecule has 2 N–H and O–H groups in total. The molecule has 1 amide bonds. The van der Waals surface area contributed by atoms with Gasteiger partial charge in [-0.3, -0.25) is 0 Å². The number of fused-ring (bicyclic) bond motifs is 1. The van der Waals surface area contributed by atoms with Crippen LogP contribution >= 0.6 is 0 Å². The van der Waals surface area contributed by atoms with Crippen molar-refractivity contribution >= 4 is 23.1 Å². The molecule has 2 aromatic rings. The molecule has 1 aliphatic rings. The summed E-state index contributed by atoms with van der Waals surface area (Å²) in [7, 11) is 0. The number of aliphatic carboxylic acids is 1. The van der Waals surface area contributed by atoms with Gasteiger partial charge in [-0.25, -0.2) is 19.3 Å². The molecule has 2 unspecified atom stereocenters. The number of alkyl carbamates (subject to hydrolysis) is 1. The van der Waals surface area contributed by atoms with E-state index < -0.39 is 23.7 Å². The standard InChI is InChI=1S/C19H26N4O5/c1-19(2,3)28-18(26)22-14(17(24)25)9-12-8-13-11-21-23(16(13)20-10-12)15-6-4-5-7-27-15/h8,10-11,14-15H,4-7,9H2,1-3H3,(H,22,26)(H,24,25). The van der Waals surface area contributed by atoms with Gasteiger partial charge in [0.15, 0.2) is 11.9 Å². The topological polar surface area (TPSA) is 116 Å². The van der Waals surface area contributed by atoms with Gasteiger partial charge in [-0.2, -0.15) is 5.10 Å². The third-order valence-corrected chi connectivity index (χ3v) is 4.35. The number of carbonyl (C=O) groups excluding carboxylic acids is 1. The number of ether oxygens (including phenoxy) is 2. The summed E-state index contributed by atoms with van der Waals surface area (Å²) in [6.07, 6.45) is 5.52. The molecule has 0 bridgehead atoms. The zero-order chi connectivity index (χ0) is 20.3. The van der Waals surface area contributed by atoms with Crippen molar-refractivity contribution < 1.29 is 24.2 Å². The maximum atomic E-state index is 11.9. The molecule has 0 aliphatic carbocycles. The lowest BCUT2D eigenvalue weighted by molar-refractivity contribution is -0.139. The van der Waals surface area contributed by atoms with Crippen LogP contribution in [0.1, 0.15) is 51.8 Å². The Bertz CT molecular complexity index is 852. The van der Waals surface area contributed by atoms with E-state index in [1.807, 2.05) is 6.07 Å². The van der Waals surface area contributed by atoms with Gasteiger partial charge in [0.1, 0.15) is 11.6 Å². The van der Waals surface area contributed by atoms with E-state index in [-0.39, 0.29) is 12.6 Å². The zero-order valence-electron chi connectivity index (χ0n) is 16.3. The number of amides is 1. The maximum Gasteiger partial charge on any atom is 0.408 e. The first-order chi connectivity index (χ1) is 13.2. The Morgan fingerprint density at radius 1 is 1.39 bits per heavy atom. The fourth-order valence-electron chi connectivity index (χ4n) is 3.11. The van der Waals surface area contributed by atoms with E-state index in [0.717, 1.165) is 24.6 Å². The summed E-state index contributed by atoms with van der Waals surface area (Å²) in [6, 6.07) is 0.715. The maximum absolute atomic E-state index is 11.9. The van der Waals surface area contributed by atoms with Gasteiger partial charge in [-0.15, -0.1) is 0 Å². The number of carbonyl (C=O) groups is 2. The van der Waals surface area contributed by atoms with Crippen LogP contribution in [0, 0.1) is 0 Å². The highest BCUT2D eigenvalue weighted by Gasteiger charge is 2.25. The van der Waals surface area contributed by atoms with Crippen LogP contribution < -0.4 is 5.32 Å². The van der Waals surface area contributed by atoms with Crippen molar-refractivity contribution in [3.63, 3.8) is 0 Å². The number of aromatic nitrogens is 3. The molecule has 9 nitrogen and oxygen atoms in total. The molecule has 2 aromatic heterocycles. The van der Waals surface area contributed by atoms with E-state index in [1.165, 1.54) is 0 Å². The molecule has 0 saturated carbocycles. The van der Waals surface area contributed by atoms with Gasteiger partial charge in [0, 0.05) is 24.6 Å². The SMILES string of the molecule is CC(C)(C)OC(=O)NC(Cc1cnc2c(cnn2C2CCCCO2)c1)C(=O)O. The van der Waals surface area contributed by atoms with E-state index in [0.29, 0.717) is 17.8 Å². The second-order valence-corrected chi connectivity index (χ2v) is 7.91. The molecule has 3 rings (SSSR count). The summed E-state index contributed by atoms with van der Waals surface area (Å²) in [5.41, 5.74) is 0.673. The van der Waals surface area contributed by atoms with E-state index in [4.69, 9.17) is 9.47 Å². The van der Waals surface area contributed by atoms with Gasteiger partial charge >= 0.3 is 12.1 Å². The highest BCUT2D eigenvalue weighted by Crippen LogP contribution is 2.25. The Hall–Kier alpha value is -2.68. The van der Waals surface area contributed by atoms with Crippen molar-refractivity contribution in [1.29, 1.82) is 0 Å². The summed E-state index contributed by atoms with van der Waals surface area (Å²) in [6.45, 7) is 5.86. The monoisotopic (exact) mass is 390 g/mol. The van der Waals surface area contributed by atoms with Crippen LogP contribution in [0.15, 0.2) is 18.5 Å². The van der Waals surface area contributed by atoms with Crippen LogP contribution in [0.4, 0.5) is 4.79 Å². The lowest BCUT2D eigenvalue weighted by atomic mass is 10.1. The molecule has 0 spiro atoms. The van der Waals surface area contributed by atoms with Gasteiger partial charge < -0.3 is 19.9 Å². The Kier molecular flexibility index (Phi) is 5.83. The predicted octanol–water partition coefficient (Wildman–Crippen LogP) is 2.65. The Morgan fingerprint density at radius 3 is 2.82 bits per heavy atom. The first-order valence-electron chi connectivity index (χ1n) is 9.39. The molecule has 9 heteroatoms. The number of hydrogen-bond acceptors (Lipinski definition) is 6. The van der Waals surface area contributed by atoms with Crippen LogP contribution in [-0.2, 0) is 20.7 Å². The summed E-state index contributed by atoms with van der Waals surface area (Å²) in [5, 5.41) is 17.0. The van der Waals surface area contributed by atoms with Crippen LogP contribution in [0.5, 0.6) is 0 Å². The van der Waals surface area contributed by atoms with Gasteiger partial charge in [-0.05, 0) is 51.7 Å². The van der Waals surface area contributed by atoms with E-state index in [9.17, 15) is 14.7 Å². The van der Waals surface area contributed by atoms with Gasteiger partial charge in [0.2, 0.25) is 0 Å². The third kappa shape index (κ3) is 4.98. The van der Waals surface area contributed by atoms with Crippen molar-refractivity contribution in [2.75, 3.05) is 6.61 Å². The molecule has 152 valence electrons. The van der Waals surface area contributed by atoms with Crippen LogP contribution in [0.2, 0.25) is 0 Å². The summed E-state index contributed by atoms with van der Waals surface area (Å²) >= 11 is 0. The minimum absolute atomic E-state index is 0.0859. The molecular weight excluding hydrogens is 364 g/mol. The highest BCUT2D eigenvalue weighted by atomic mass is 16.6. The molecule has 1 saturated heterocycles. The van der Waals surface area contributed by atoms with E-state index >= 15 is 0 Å². The minimum atomic E-state index is -1.14. The molecule has 2 atom stereocenters. The minimum Gasteiger partial charge on any atom is -0.480 e. The number of nitrogens with one attached hydrogen (secondary N) is 1. The van der Waals surface area contributed by atoms with Crippen LogP contribution in [0.3, 0.4) is 0 Å². The summed E-state index contributed by atoms with van der Waals surface area (Å²) in [4.78, 5) is 27.9. The molecule has 0 aromatic carbocycles. The summed E-state index contributed by atoms with van der Waals surface area (Å²) < 4.78 is 12.7. The van der Waals surface area contributed by atoms with Crippen molar-refractivity contribution in [3.05, 3.63) is 24.0 Å². The second-order valence-electron chi connectivity index (χ2n) is 7.91. The molecule has 0 radical (unpaired) electrons. The third-order valence-electron chi connectivity index (χ3n) is 4.35. The van der Waals surface area contributed by atoms with Crippen LogP contribution in [0.25, 0.3) is 11.0 Å². The normalized spacial score (nSPS) is 18.6. The molecule has 1 fully saturated rings. The number of carboxylic acid groups (broad SMARTS) is 1. The van der Waals surface area contributed by atoms with Crippen molar-refractivity contribution in [2.45, 2.75) is 64.3 Å². The molecule has 1 aliphatic heterocycles. The fourth-order valence-corrected chi connectivity index (χ4v) is 3.11. The Balaban J connectivity index is 1.73. The highest BCUT2D eigenvalue weighted by molar-refractivity contribution is 5.81. The summed E-state index contributed by atoms with van der Waals surface area (Å²) in [5.74, 6) is -1.14. The zero-order valence-corrected chi connectivity index (χ0v) is 16.3. The van der Waals surface area contributed by atoms with E-state index in [2.05, 4.69) is 15.4 Å². The van der Waals surface area contributed by atoms with Crippen molar-refractivity contribution in [1.82, 2.24) is 20.1 Å². The Labute approximate surface area is 163 Å². The van der Waals surface area contributed by atoms with Crippen molar-refractivity contribution in [3.8, 4) is 0 Å². The average Bonchev–Trinajstić information content (AvgIpc) is 3.03. The number of carboxylic acids is 1. The molecular formula is C19H26N4O5. The first-order valence-corrected chi connectivity index (χ1v) is 9.39. The molecule has 3 heterocycles. The average molecular weight is 390 g/mol. The number of pyridine rings is 1. The Morgan fingerprint density at radius 2 is 2.18 bits per heavy atom.